The first kappa shape index (κ1) is 10.1. The second-order valence-corrected chi connectivity index (χ2v) is 1.13. The van der Waals surface area contributed by atoms with Crippen LogP contribution in [0.1, 0.15) is 0 Å². The molecule has 0 aliphatic carbocycles. The first-order valence-electron chi connectivity index (χ1n) is 0.617. The van der Waals surface area contributed by atoms with Crippen LogP contribution in [0.2, 0.25) is 0 Å². The monoisotopic (exact) mass is 301 g/mol. The molecule has 0 aromatic heterocycles. The fourth-order valence-corrected chi connectivity index (χ4v) is 0. The van der Waals surface area contributed by atoms with Gasteiger partial charge in [0.15, 0.2) is 0 Å². The molecule has 0 unspecified atom stereocenters. The van der Waals surface area contributed by atoms with E-state index in [1.807, 2.05) is 0 Å². The summed E-state index contributed by atoms with van der Waals surface area (Å²) < 4.78 is 34.0. The van der Waals surface area contributed by atoms with Gasteiger partial charge in [-0.05, 0) is 0 Å². The largest absolute Gasteiger partial charge is 2.00 e. The summed E-state index contributed by atoms with van der Waals surface area (Å²) >= 11 is 0. The summed E-state index contributed by atoms with van der Waals surface area (Å²) in [6.45, 7) is 0. The Labute approximate surface area is 56.6 Å². The van der Waals surface area contributed by atoms with Gasteiger partial charge in [-0.25, -0.2) is 18.6 Å². The van der Waals surface area contributed by atoms with Crippen molar-refractivity contribution in [3.8, 4) is 0 Å². The fourth-order valence-electron chi connectivity index (χ4n) is 0. The van der Waals surface area contributed by atoms with Gasteiger partial charge in [-0.2, -0.15) is 0 Å². The molecule has 0 aliphatic heterocycles. The molecule has 0 spiro atoms. The van der Waals surface area contributed by atoms with Gasteiger partial charge in [0.2, 0.25) is 0 Å². The molecule has 0 aliphatic rings. The Hall–Kier alpha value is 1.07. The minimum Gasteiger partial charge on any atom is -0.222 e. The average molecular weight is 300 g/mol. The smallest absolute Gasteiger partial charge is 0.222 e. The van der Waals surface area contributed by atoms with Gasteiger partial charge in [-0.3, -0.25) is 0 Å². The molecule has 0 heterocycles. The third-order valence-corrected chi connectivity index (χ3v) is 0. The molecule has 4 nitrogen and oxygen atoms in total. The Kier molecular flexibility index (Phi) is 5.26. The Morgan fingerprint density at radius 2 is 0.833 bits per heavy atom. The Balaban J connectivity index is 0. The zero-order valence-electron chi connectivity index (χ0n) is 2.72. The van der Waals surface area contributed by atoms with Gasteiger partial charge < -0.3 is 0 Å². The molecule has 0 N–H and O–H groups in total. The van der Waals surface area contributed by atoms with E-state index in [0.717, 1.165) is 0 Å². The molecule has 6 heteroatoms. The van der Waals surface area contributed by atoms with E-state index in [9.17, 15) is 0 Å². The van der Waals surface area contributed by atoms with E-state index in [-0.39, 0.29) is 27.7 Å². The summed E-state index contributed by atoms with van der Waals surface area (Å²) in [6, 6.07) is 0. The van der Waals surface area contributed by atoms with E-state index < -0.39 is 10.2 Å². The Morgan fingerprint density at radius 1 is 0.833 bits per heavy atom. The van der Waals surface area contributed by atoms with Crippen LogP contribution in [0, 0.1) is 10.2 Å². The summed E-state index contributed by atoms with van der Waals surface area (Å²) in [4.78, 5) is 0. The van der Waals surface area contributed by atoms with Crippen LogP contribution in [0.4, 0.5) is 0 Å². The molecular formula is ClHgO4+. The van der Waals surface area contributed by atoms with Gasteiger partial charge in [-0.1, -0.05) is 0 Å². The second-order valence-electron chi connectivity index (χ2n) is 0.378. The van der Waals surface area contributed by atoms with Crippen molar-refractivity contribution in [1.29, 1.82) is 0 Å². The maximum atomic E-state index is 8.49. The predicted octanol–water partition coefficient (Wildman–Crippen LogP) is -4.76. The van der Waals surface area contributed by atoms with E-state index in [1.54, 1.807) is 0 Å². The van der Waals surface area contributed by atoms with Gasteiger partial charge in [0, 0.05) is 0 Å². The Morgan fingerprint density at radius 3 is 0.833 bits per heavy atom. The van der Waals surface area contributed by atoms with Gasteiger partial charge in [-0.15, -0.1) is 10.2 Å². The average Bonchev–Trinajstić information content (AvgIpc) is 0.722. The molecule has 0 aromatic rings. The van der Waals surface area contributed by atoms with Crippen molar-refractivity contribution in [1.82, 2.24) is 0 Å². The van der Waals surface area contributed by atoms with Gasteiger partial charge in [0.25, 0.3) is 0 Å². The van der Waals surface area contributed by atoms with Crippen LogP contribution in [-0.4, -0.2) is 0 Å². The fraction of sp³-hybridized carbons (Fsp3) is 0. The zero-order chi connectivity index (χ0) is 4.50. The zero-order valence-corrected chi connectivity index (χ0v) is 8.97. The third kappa shape index (κ3) is 73.8. The standard InChI is InChI=1S/ClHO4.Hg/c2-1(3,4)5;/h(H,2,3,4,5);/q;+2/p-1. The summed E-state index contributed by atoms with van der Waals surface area (Å²) in [7, 11) is -4.94. The Bertz CT molecular complexity index is 23.0. The van der Waals surface area contributed by atoms with Crippen molar-refractivity contribution in [2.45, 2.75) is 0 Å². The first-order valence-corrected chi connectivity index (χ1v) is 1.85. The van der Waals surface area contributed by atoms with Crippen molar-refractivity contribution in [3.05, 3.63) is 0 Å². The topological polar surface area (TPSA) is 92.2 Å². The molecule has 0 atom stereocenters. The molecule has 0 amide bonds. The summed E-state index contributed by atoms with van der Waals surface area (Å²) in [6.07, 6.45) is 0. The van der Waals surface area contributed by atoms with Crippen LogP contribution in [0.25, 0.3) is 0 Å². The van der Waals surface area contributed by atoms with Crippen LogP contribution in [0.3, 0.4) is 0 Å². The minimum absolute atomic E-state index is 0. The van der Waals surface area contributed by atoms with Crippen LogP contribution in [0.15, 0.2) is 0 Å². The molecule has 0 saturated heterocycles. The third-order valence-electron chi connectivity index (χ3n) is 0. The molecule has 0 aromatic carbocycles. The number of rotatable bonds is 0. The molecule has 0 radical (unpaired) electrons. The molecule has 6 heavy (non-hydrogen) atoms. The van der Waals surface area contributed by atoms with Crippen molar-refractivity contribution >= 4 is 0 Å². The first-order chi connectivity index (χ1) is 2.00. The normalized spacial score (nSPS) is 10.0. The number of hydrogen-bond acceptors (Lipinski definition) is 4. The quantitative estimate of drug-likeness (QED) is 0.420. The molecule has 0 bridgehead atoms. The maximum absolute atomic E-state index is 8.49. The van der Waals surface area contributed by atoms with Crippen molar-refractivity contribution in [2.24, 2.45) is 0 Å². The van der Waals surface area contributed by atoms with Crippen molar-refractivity contribution in [3.63, 3.8) is 0 Å². The molecule has 0 rings (SSSR count). The maximum Gasteiger partial charge on any atom is 2.00 e. The van der Waals surface area contributed by atoms with E-state index in [0.29, 0.717) is 0 Å². The minimum atomic E-state index is -4.94. The molecule has 0 fully saturated rings. The van der Waals surface area contributed by atoms with Crippen molar-refractivity contribution < 1.29 is 56.5 Å². The van der Waals surface area contributed by atoms with Crippen LogP contribution < -0.4 is 18.6 Å². The number of halogens is 1. The molecule has 0 saturated carbocycles. The predicted molar refractivity (Wildman–Crippen MR) is 0 cm³/mol. The SMILES string of the molecule is [Hg+2].[O-][Cl+3]([O-])([O-])[O-]. The van der Waals surface area contributed by atoms with Gasteiger partial charge in [0.05, 0.1) is 0 Å². The van der Waals surface area contributed by atoms with Gasteiger partial charge >= 0.3 is 27.7 Å². The number of hydrogen-bond donors (Lipinski definition) is 0. The summed E-state index contributed by atoms with van der Waals surface area (Å²) in [5.41, 5.74) is 0. The van der Waals surface area contributed by atoms with E-state index in [4.69, 9.17) is 18.6 Å². The second kappa shape index (κ2) is 3.12. The van der Waals surface area contributed by atoms with E-state index >= 15 is 0 Å². The van der Waals surface area contributed by atoms with Crippen LogP contribution in [-0.2, 0) is 27.7 Å². The molecule has 32 valence electrons. The summed E-state index contributed by atoms with van der Waals surface area (Å²) in [5, 5.41) is 0. The van der Waals surface area contributed by atoms with Crippen molar-refractivity contribution in [2.75, 3.05) is 0 Å². The van der Waals surface area contributed by atoms with Crippen LogP contribution in [0.5, 0.6) is 0 Å². The van der Waals surface area contributed by atoms with Crippen LogP contribution >= 0.6 is 0 Å². The van der Waals surface area contributed by atoms with E-state index in [2.05, 4.69) is 0 Å². The van der Waals surface area contributed by atoms with E-state index in [1.165, 1.54) is 0 Å². The molecular weight excluding hydrogens is 300 g/mol. The van der Waals surface area contributed by atoms with Gasteiger partial charge in [0.1, 0.15) is 0 Å². The summed E-state index contributed by atoms with van der Waals surface area (Å²) in [5.74, 6) is 0.